The first-order valence-electron chi connectivity index (χ1n) is 3.77. The van der Waals surface area contributed by atoms with Crippen LogP contribution in [-0.4, -0.2) is 20.2 Å². The SMILES string of the molecule is Cc1cc(Cl)ccc1-n1cnnn1. The molecule has 1 aromatic heterocycles. The lowest BCUT2D eigenvalue weighted by molar-refractivity contribution is 0.785. The molecule has 0 atom stereocenters. The van der Waals surface area contributed by atoms with Crippen molar-refractivity contribution in [2.45, 2.75) is 6.92 Å². The number of aryl methyl sites for hydroxylation is 1. The van der Waals surface area contributed by atoms with E-state index in [1.165, 1.54) is 0 Å². The molecule has 0 unspecified atom stereocenters. The van der Waals surface area contributed by atoms with E-state index in [9.17, 15) is 0 Å². The normalized spacial score (nSPS) is 10.3. The Hall–Kier alpha value is -1.42. The second-order valence-corrected chi connectivity index (χ2v) is 3.12. The summed E-state index contributed by atoms with van der Waals surface area (Å²) in [5.74, 6) is 0. The maximum atomic E-state index is 5.82. The molecule has 1 aromatic carbocycles. The van der Waals surface area contributed by atoms with Gasteiger partial charge in [-0.3, -0.25) is 0 Å². The third-order valence-corrected chi connectivity index (χ3v) is 1.99. The predicted molar refractivity (Wildman–Crippen MR) is 48.9 cm³/mol. The summed E-state index contributed by atoms with van der Waals surface area (Å²) in [7, 11) is 0. The van der Waals surface area contributed by atoms with Gasteiger partial charge in [0, 0.05) is 5.02 Å². The molecule has 4 nitrogen and oxygen atoms in total. The molecule has 13 heavy (non-hydrogen) atoms. The van der Waals surface area contributed by atoms with Gasteiger partial charge in [0.1, 0.15) is 6.33 Å². The Morgan fingerprint density at radius 3 is 2.85 bits per heavy atom. The van der Waals surface area contributed by atoms with Crippen molar-refractivity contribution in [3.05, 3.63) is 35.1 Å². The van der Waals surface area contributed by atoms with E-state index in [-0.39, 0.29) is 0 Å². The highest BCUT2D eigenvalue weighted by Crippen LogP contribution is 2.17. The van der Waals surface area contributed by atoms with Gasteiger partial charge >= 0.3 is 0 Å². The minimum atomic E-state index is 0.717. The summed E-state index contributed by atoms with van der Waals surface area (Å²) in [6.45, 7) is 1.96. The number of aromatic nitrogens is 4. The molecular formula is C8H7ClN4. The van der Waals surface area contributed by atoms with Crippen molar-refractivity contribution in [3.63, 3.8) is 0 Å². The molecule has 0 fully saturated rings. The largest absolute Gasteiger partial charge is 0.200 e. The fraction of sp³-hybridized carbons (Fsp3) is 0.125. The quantitative estimate of drug-likeness (QED) is 0.693. The zero-order valence-corrected chi connectivity index (χ0v) is 7.73. The van der Waals surface area contributed by atoms with Crippen LogP contribution in [0, 0.1) is 6.92 Å². The second kappa shape index (κ2) is 3.14. The number of hydrogen-bond donors (Lipinski definition) is 0. The number of hydrogen-bond acceptors (Lipinski definition) is 3. The van der Waals surface area contributed by atoms with Gasteiger partial charge in [-0.15, -0.1) is 5.10 Å². The molecule has 66 valence electrons. The third-order valence-electron chi connectivity index (χ3n) is 1.75. The molecule has 1 heterocycles. The fourth-order valence-corrected chi connectivity index (χ4v) is 1.37. The van der Waals surface area contributed by atoms with Crippen molar-refractivity contribution in [3.8, 4) is 5.69 Å². The molecule has 0 spiro atoms. The highest BCUT2D eigenvalue weighted by Gasteiger charge is 2.01. The first-order valence-corrected chi connectivity index (χ1v) is 4.14. The molecule has 0 aliphatic heterocycles. The van der Waals surface area contributed by atoms with E-state index in [1.54, 1.807) is 11.0 Å². The third kappa shape index (κ3) is 1.53. The summed E-state index contributed by atoms with van der Waals surface area (Å²) in [6, 6.07) is 5.57. The van der Waals surface area contributed by atoms with E-state index in [1.807, 2.05) is 25.1 Å². The summed E-state index contributed by atoms with van der Waals surface area (Å²) < 4.78 is 1.60. The van der Waals surface area contributed by atoms with Gasteiger partial charge in [-0.1, -0.05) is 11.6 Å². The second-order valence-electron chi connectivity index (χ2n) is 2.69. The van der Waals surface area contributed by atoms with Crippen LogP contribution in [0.25, 0.3) is 5.69 Å². The van der Waals surface area contributed by atoms with Gasteiger partial charge in [-0.05, 0) is 41.1 Å². The first-order chi connectivity index (χ1) is 6.27. The zero-order valence-electron chi connectivity index (χ0n) is 6.98. The number of halogens is 1. The van der Waals surface area contributed by atoms with Crippen molar-refractivity contribution in [2.75, 3.05) is 0 Å². The molecule has 0 N–H and O–H groups in total. The minimum absolute atomic E-state index is 0.717. The van der Waals surface area contributed by atoms with Gasteiger partial charge in [0.05, 0.1) is 5.69 Å². The Morgan fingerprint density at radius 1 is 1.38 bits per heavy atom. The molecule has 0 bridgehead atoms. The molecule has 0 aliphatic carbocycles. The maximum Gasteiger partial charge on any atom is 0.143 e. The van der Waals surface area contributed by atoms with Crippen LogP contribution in [0.4, 0.5) is 0 Å². The van der Waals surface area contributed by atoms with Crippen molar-refractivity contribution in [1.82, 2.24) is 20.2 Å². The first kappa shape index (κ1) is 8.19. The van der Waals surface area contributed by atoms with E-state index in [2.05, 4.69) is 15.5 Å². The fourth-order valence-electron chi connectivity index (χ4n) is 1.15. The highest BCUT2D eigenvalue weighted by atomic mass is 35.5. The van der Waals surface area contributed by atoms with E-state index in [4.69, 9.17) is 11.6 Å². The maximum absolute atomic E-state index is 5.82. The standard InChI is InChI=1S/C8H7ClN4/c1-6-4-7(9)2-3-8(6)13-5-10-11-12-13/h2-5H,1H3. The average molecular weight is 195 g/mol. The van der Waals surface area contributed by atoms with Crippen LogP contribution in [0.15, 0.2) is 24.5 Å². The van der Waals surface area contributed by atoms with Gasteiger partial charge < -0.3 is 0 Å². The van der Waals surface area contributed by atoms with Crippen molar-refractivity contribution in [1.29, 1.82) is 0 Å². The van der Waals surface area contributed by atoms with Gasteiger partial charge in [0.25, 0.3) is 0 Å². The topological polar surface area (TPSA) is 43.6 Å². The zero-order chi connectivity index (χ0) is 9.26. The number of benzene rings is 1. The Labute approximate surface area is 80.1 Å². The average Bonchev–Trinajstić information content (AvgIpc) is 2.56. The van der Waals surface area contributed by atoms with E-state index < -0.39 is 0 Å². The molecule has 0 saturated carbocycles. The van der Waals surface area contributed by atoms with Crippen LogP contribution in [0.3, 0.4) is 0 Å². The summed E-state index contributed by atoms with van der Waals surface area (Å²) in [4.78, 5) is 0. The Balaban J connectivity index is 2.53. The van der Waals surface area contributed by atoms with E-state index >= 15 is 0 Å². The van der Waals surface area contributed by atoms with Gasteiger partial charge in [-0.25, -0.2) is 4.68 Å². The number of tetrazole rings is 1. The van der Waals surface area contributed by atoms with Crippen LogP contribution in [0.1, 0.15) is 5.56 Å². The molecule has 2 aromatic rings. The van der Waals surface area contributed by atoms with Gasteiger partial charge in [0.15, 0.2) is 0 Å². The minimum Gasteiger partial charge on any atom is -0.200 e. The van der Waals surface area contributed by atoms with Gasteiger partial charge in [-0.2, -0.15) is 0 Å². The van der Waals surface area contributed by atoms with E-state index in [0.717, 1.165) is 11.3 Å². The molecule has 0 amide bonds. The molecular weight excluding hydrogens is 188 g/mol. The summed E-state index contributed by atoms with van der Waals surface area (Å²) in [5, 5.41) is 11.6. The molecule has 0 aliphatic rings. The molecule has 0 saturated heterocycles. The van der Waals surface area contributed by atoms with E-state index in [0.29, 0.717) is 5.02 Å². The van der Waals surface area contributed by atoms with Crippen molar-refractivity contribution < 1.29 is 0 Å². The summed E-state index contributed by atoms with van der Waals surface area (Å²) in [6.07, 6.45) is 1.55. The Morgan fingerprint density at radius 2 is 2.23 bits per heavy atom. The number of nitrogens with zero attached hydrogens (tertiary/aromatic N) is 4. The van der Waals surface area contributed by atoms with Crippen molar-refractivity contribution in [2.24, 2.45) is 0 Å². The summed E-state index contributed by atoms with van der Waals surface area (Å²) >= 11 is 5.82. The Kier molecular flexibility index (Phi) is 1.98. The van der Waals surface area contributed by atoms with Crippen LogP contribution in [0.2, 0.25) is 5.02 Å². The molecule has 2 rings (SSSR count). The van der Waals surface area contributed by atoms with Crippen LogP contribution in [-0.2, 0) is 0 Å². The monoisotopic (exact) mass is 194 g/mol. The van der Waals surface area contributed by atoms with Crippen molar-refractivity contribution >= 4 is 11.6 Å². The lowest BCUT2D eigenvalue weighted by Crippen LogP contribution is -1.97. The lowest BCUT2D eigenvalue weighted by Gasteiger charge is -2.03. The molecule has 0 radical (unpaired) electrons. The number of rotatable bonds is 1. The van der Waals surface area contributed by atoms with Crippen LogP contribution >= 0.6 is 11.6 Å². The predicted octanol–water partition coefficient (Wildman–Crippen LogP) is 1.62. The molecule has 5 heteroatoms. The highest BCUT2D eigenvalue weighted by molar-refractivity contribution is 6.30. The Bertz CT molecular complexity index is 410. The van der Waals surface area contributed by atoms with Crippen LogP contribution < -0.4 is 0 Å². The van der Waals surface area contributed by atoms with Gasteiger partial charge in [0.2, 0.25) is 0 Å². The smallest absolute Gasteiger partial charge is 0.143 e. The summed E-state index contributed by atoms with van der Waals surface area (Å²) in [5.41, 5.74) is 1.98. The lowest BCUT2D eigenvalue weighted by atomic mass is 10.2. The van der Waals surface area contributed by atoms with Crippen LogP contribution in [0.5, 0.6) is 0 Å².